The van der Waals surface area contributed by atoms with Gasteiger partial charge in [-0.3, -0.25) is 4.79 Å². The normalized spacial score (nSPS) is 9.84. The number of carbonyl (C=O) groups is 3. The summed E-state index contributed by atoms with van der Waals surface area (Å²) >= 11 is 0. The zero-order valence-corrected chi connectivity index (χ0v) is 10.8. The van der Waals surface area contributed by atoms with Crippen molar-refractivity contribution in [3.8, 4) is 0 Å². The van der Waals surface area contributed by atoms with Crippen LogP contribution in [0.3, 0.4) is 0 Å². The average Bonchev–Trinajstić information content (AvgIpc) is 2.82. The van der Waals surface area contributed by atoms with Crippen LogP contribution in [0, 0.1) is 0 Å². The third kappa shape index (κ3) is 3.57. The maximum atomic E-state index is 11.5. The first kappa shape index (κ1) is 14.7. The predicted octanol–water partition coefficient (Wildman–Crippen LogP) is 0.958. The summed E-state index contributed by atoms with van der Waals surface area (Å²) in [5.41, 5.74) is -0.00375. The quantitative estimate of drug-likeness (QED) is 0.581. The Labute approximate surface area is 109 Å². The van der Waals surface area contributed by atoms with Gasteiger partial charge >= 0.3 is 17.9 Å². The third-order valence-corrected chi connectivity index (χ3v) is 2.22. The van der Waals surface area contributed by atoms with Crippen molar-refractivity contribution in [3.05, 3.63) is 23.2 Å². The van der Waals surface area contributed by atoms with Crippen LogP contribution in [-0.4, -0.2) is 38.7 Å². The molecule has 0 aliphatic rings. The van der Waals surface area contributed by atoms with E-state index in [1.165, 1.54) is 20.3 Å². The van der Waals surface area contributed by atoms with Gasteiger partial charge in [0.05, 0.1) is 20.8 Å². The highest BCUT2D eigenvalue weighted by Gasteiger charge is 2.24. The van der Waals surface area contributed by atoms with Crippen molar-refractivity contribution in [2.45, 2.75) is 13.3 Å². The van der Waals surface area contributed by atoms with Crippen LogP contribution in [0.1, 0.15) is 33.6 Å². The Morgan fingerprint density at radius 1 is 1.16 bits per heavy atom. The van der Waals surface area contributed by atoms with E-state index in [-0.39, 0.29) is 30.1 Å². The molecule has 0 bridgehead atoms. The summed E-state index contributed by atoms with van der Waals surface area (Å²) in [6.07, 6.45) is -0.277. The van der Waals surface area contributed by atoms with Crippen molar-refractivity contribution >= 4 is 17.9 Å². The first-order valence-corrected chi connectivity index (χ1v) is 5.48. The molecule has 1 aromatic rings. The molecule has 1 rings (SSSR count). The minimum atomic E-state index is -0.719. The van der Waals surface area contributed by atoms with E-state index in [9.17, 15) is 14.4 Å². The van der Waals surface area contributed by atoms with E-state index in [0.29, 0.717) is 0 Å². The summed E-state index contributed by atoms with van der Waals surface area (Å²) in [7, 11) is 2.39. The van der Waals surface area contributed by atoms with Gasteiger partial charge in [-0.1, -0.05) is 0 Å². The molecule has 0 saturated heterocycles. The van der Waals surface area contributed by atoms with Crippen molar-refractivity contribution in [1.29, 1.82) is 0 Å². The van der Waals surface area contributed by atoms with E-state index >= 15 is 0 Å². The summed E-state index contributed by atoms with van der Waals surface area (Å²) in [5, 5.41) is 0. The predicted molar refractivity (Wildman–Crippen MR) is 61.7 cm³/mol. The largest absolute Gasteiger partial charge is 0.469 e. The lowest BCUT2D eigenvalue weighted by molar-refractivity contribution is -0.140. The molecule has 0 amide bonds. The van der Waals surface area contributed by atoms with Gasteiger partial charge in [0.25, 0.3) is 0 Å². The molecule has 0 aromatic carbocycles. The molecule has 0 atom stereocenters. The van der Waals surface area contributed by atoms with Crippen LogP contribution in [0.25, 0.3) is 0 Å². The molecule has 0 N–H and O–H groups in total. The highest BCUT2D eigenvalue weighted by atomic mass is 16.5. The van der Waals surface area contributed by atoms with Crippen molar-refractivity contribution in [2.75, 3.05) is 20.8 Å². The van der Waals surface area contributed by atoms with Gasteiger partial charge in [0.2, 0.25) is 5.76 Å². The second-order valence-corrected chi connectivity index (χ2v) is 3.41. The van der Waals surface area contributed by atoms with E-state index in [2.05, 4.69) is 9.47 Å². The van der Waals surface area contributed by atoms with Crippen LogP contribution in [0.5, 0.6) is 0 Å². The molecular weight excluding hydrogens is 256 g/mol. The Kier molecular flexibility index (Phi) is 5.11. The third-order valence-electron chi connectivity index (χ3n) is 2.22. The van der Waals surface area contributed by atoms with E-state index in [0.717, 1.165) is 0 Å². The first-order chi connectivity index (χ1) is 9.03. The van der Waals surface area contributed by atoms with Crippen molar-refractivity contribution in [2.24, 2.45) is 0 Å². The standard InChI is InChI=1S/C12H14O7/c1-4-18-12(15)9-5-7(11(14)17-3)8(19-9)6-10(13)16-2/h5H,4,6H2,1-3H3. The molecule has 0 fully saturated rings. The zero-order chi connectivity index (χ0) is 14.4. The minimum absolute atomic E-state index is 0.00162. The molecule has 0 spiro atoms. The van der Waals surface area contributed by atoms with E-state index in [4.69, 9.17) is 9.15 Å². The molecule has 7 heteroatoms. The number of hydrogen-bond donors (Lipinski definition) is 0. The van der Waals surface area contributed by atoms with Gasteiger partial charge in [-0.25, -0.2) is 9.59 Å². The summed E-state index contributed by atoms with van der Waals surface area (Å²) in [6, 6.07) is 1.18. The van der Waals surface area contributed by atoms with Crippen LogP contribution in [0.2, 0.25) is 0 Å². The summed E-state index contributed by atoms with van der Waals surface area (Å²) in [4.78, 5) is 34.2. The maximum absolute atomic E-state index is 11.5. The second kappa shape index (κ2) is 6.58. The van der Waals surface area contributed by atoms with Gasteiger partial charge in [0, 0.05) is 6.07 Å². The monoisotopic (exact) mass is 270 g/mol. The number of furan rings is 1. The minimum Gasteiger partial charge on any atom is -0.469 e. The van der Waals surface area contributed by atoms with Gasteiger partial charge in [0.15, 0.2) is 0 Å². The molecule has 19 heavy (non-hydrogen) atoms. The second-order valence-electron chi connectivity index (χ2n) is 3.41. The highest BCUT2D eigenvalue weighted by Crippen LogP contribution is 2.18. The molecule has 0 aliphatic heterocycles. The van der Waals surface area contributed by atoms with Crippen molar-refractivity contribution in [1.82, 2.24) is 0 Å². The molecule has 104 valence electrons. The van der Waals surface area contributed by atoms with Gasteiger partial charge < -0.3 is 18.6 Å². The Balaban J connectivity index is 3.08. The SMILES string of the molecule is CCOC(=O)c1cc(C(=O)OC)c(CC(=O)OC)o1. The number of carbonyl (C=O) groups excluding carboxylic acids is 3. The Bertz CT molecular complexity index is 486. The van der Waals surface area contributed by atoms with E-state index < -0.39 is 17.9 Å². The first-order valence-electron chi connectivity index (χ1n) is 5.48. The number of rotatable bonds is 5. The fraction of sp³-hybridized carbons (Fsp3) is 0.417. The molecule has 1 heterocycles. The smallest absolute Gasteiger partial charge is 0.374 e. The molecule has 0 aliphatic carbocycles. The maximum Gasteiger partial charge on any atom is 0.374 e. The van der Waals surface area contributed by atoms with Crippen LogP contribution >= 0.6 is 0 Å². The number of hydrogen-bond acceptors (Lipinski definition) is 7. The van der Waals surface area contributed by atoms with Gasteiger partial charge in [-0.15, -0.1) is 0 Å². The van der Waals surface area contributed by atoms with Crippen LogP contribution in [0.4, 0.5) is 0 Å². The lowest BCUT2D eigenvalue weighted by Crippen LogP contribution is -2.09. The van der Waals surface area contributed by atoms with Crippen molar-refractivity contribution in [3.63, 3.8) is 0 Å². The molecule has 1 aromatic heterocycles. The fourth-order valence-corrected chi connectivity index (χ4v) is 1.35. The summed E-state index contributed by atoms with van der Waals surface area (Å²) < 4.78 is 18.9. The summed E-state index contributed by atoms with van der Waals surface area (Å²) in [5.74, 6) is -2.19. The fourth-order valence-electron chi connectivity index (χ4n) is 1.35. The van der Waals surface area contributed by atoms with Crippen LogP contribution in [-0.2, 0) is 25.4 Å². The number of methoxy groups -OCH3 is 2. The van der Waals surface area contributed by atoms with Gasteiger partial charge in [-0.05, 0) is 6.92 Å². The number of ether oxygens (including phenoxy) is 3. The van der Waals surface area contributed by atoms with Gasteiger partial charge in [-0.2, -0.15) is 0 Å². The van der Waals surface area contributed by atoms with Crippen LogP contribution in [0.15, 0.2) is 10.5 Å². The molecule has 7 nitrogen and oxygen atoms in total. The highest BCUT2D eigenvalue weighted by molar-refractivity contribution is 5.95. The molecule has 0 saturated carbocycles. The van der Waals surface area contributed by atoms with Crippen molar-refractivity contribution < 1.29 is 33.0 Å². The molecule has 0 radical (unpaired) electrons. The van der Waals surface area contributed by atoms with Gasteiger partial charge in [0.1, 0.15) is 17.7 Å². The Morgan fingerprint density at radius 2 is 1.84 bits per heavy atom. The molecule has 0 unspecified atom stereocenters. The topological polar surface area (TPSA) is 92.0 Å². The summed E-state index contributed by atoms with van der Waals surface area (Å²) in [6.45, 7) is 1.80. The van der Waals surface area contributed by atoms with E-state index in [1.54, 1.807) is 6.92 Å². The number of esters is 3. The molecular formula is C12H14O7. The van der Waals surface area contributed by atoms with E-state index in [1.807, 2.05) is 0 Å². The lowest BCUT2D eigenvalue weighted by Gasteiger charge is -1.99. The Morgan fingerprint density at radius 3 is 2.37 bits per heavy atom. The zero-order valence-electron chi connectivity index (χ0n) is 10.8. The average molecular weight is 270 g/mol. The van der Waals surface area contributed by atoms with Crippen LogP contribution < -0.4 is 0 Å². The Hall–Kier alpha value is -2.31. The lowest BCUT2D eigenvalue weighted by atomic mass is 10.2.